The van der Waals surface area contributed by atoms with Gasteiger partial charge in [0.05, 0.1) is 13.2 Å². The van der Waals surface area contributed by atoms with Gasteiger partial charge in [0.15, 0.2) is 5.82 Å². The Kier molecular flexibility index (Phi) is 7.98. The fourth-order valence-corrected chi connectivity index (χ4v) is 4.56. The van der Waals surface area contributed by atoms with Crippen molar-refractivity contribution in [1.82, 2.24) is 30.8 Å². The molecule has 1 amide bonds. The van der Waals surface area contributed by atoms with Gasteiger partial charge in [0.25, 0.3) is 0 Å². The predicted molar refractivity (Wildman–Crippen MR) is 113 cm³/mol. The smallest absolute Gasteiger partial charge is 0.409 e. The minimum Gasteiger partial charge on any atom is -0.464 e. The second-order valence-corrected chi connectivity index (χ2v) is 8.32. The second-order valence-electron chi connectivity index (χ2n) is 8.32. The van der Waals surface area contributed by atoms with Crippen molar-refractivity contribution < 1.29 is 21.8 Å². The molecule has 0 spiro atoms. The van der Waals surface area contributed by atoms with Gasteiger partial charge in [-0.3, -0.25) is 4.79 Å². The van der Waals surface area contributed by atoms with Crippen LogP contribution in [0.2, 0.25) is 0 Å². The van der Waals surface area contributed by atoms with E-state index in [0.717, 1.165) is 25.8 Å². The molecule has 4 atom stereocenters. The minimum atomic E-state index is -1.62. The van der Waals surface area contributed by atoms with Crippen LogP contribution in [0, 0.1) is 17.8 Å². The molecule has 10 heteroatoms. The molecule has 31 heavy (non-hydrogen) atoms. The fourth-order valence-electron chi connectivity index (χ4n) is 4.56. The number of piperidine rings is 1. The van der Waals surface area contributed by atoms with Crippen LogP contribution in [0.5, 0.6) is 0 Å². The molecule has 1 aromatic heterocycles. The molecule has 0 aromatic carbocycles. The first kappa shape index (κ1) is 20.7. The van der Waals surface area contributed by atoms with Crippen LogP contribution in [-0.2, 0) is 20.6 Å². The number of aryl methyl sites for hydroxylation is 1. The zero-order valence-corrected chi connectivity index (χ0v) is 18.5. The average molecular weight is 439 g/mol. The SMILES string of the molecule is [2H]C([2H])(C[C@H]1CC[C@H]2CN[C@H](C(=O)OCCCOC(=O)N(CC)CC)C[C@H]2C1)c1nn[nH]n1. The molecule has 0 bridgehead atoms. The van der Waals surface area contributed by atoms with Crippen LogP contribution >= 0.6 is 0 Å². The zero-order valence-electron chi connectivity index (χ0n) is 20.5. The van der Waals surface area contributed by atoms with E-state index in [-0.39, 0.29) is 43.1 Å². The van der Waals surface area contributed by atoms with E-state index in [1.165, 1.54) is 0 Å². The number of hydrogen-bond donors (Lipinski definition) is 2. The summed E-state index contributed by atoms with van der Waals surface area (Å²) in [6, 6.07) is -0.350. The number of tetrazole rings is 1. The number of ether oxygens (including phenoxy) is 2. The summed E-state index contributed by atoms with van der Waals surface area (Å²) in [7, 11) is 0. The predicted octanol–water partition coefficient (Wildman–Crippen LogP) is 1.94. The Bertz CT molecular complexity index is 762. The molecule has 2 N–H and O–H groups in total. The summed E-state index contributed by atoms with van der Waals surface area (Å²) >= 11 is 0. The van der Waals surface area contributed by atoms with Gasteiger partial charge in [-0.2, -0.15) is 5.21 Å². The number of aromatic amines is 1. The molecule has 0 radical (unpaired) electrons. The summed E-state index contributed by atoms with van der Waals surface area (Å²) in [4.78, 5) is 26.0. The van der Waals surface area contributed by atoms with E-state index in [1.54, 1.807) is 4.90 Å². The molecule has 2 aliphatic rings. The molecule has 10 nitrogen and oxygen atoms in total. The van der Waals surface area contributed by atoms with Gasteiger partial charge in [0.2, 0.25) is 0 Å². The summed E-state index contributed by atoms with van der Waals surface area (Å²) in [5.41, 5.74) is 0. The summed E-state index contributed by atoms with van der Waals surface area (Å²) in [6.45, 7) is 6.20. The fraction of sp³-hybridized carbons (Fsp3) is 0.857. The lowest BCUT2D eigenvalue weighted by molar-refractivity contribution is -0.148. The van der Waals surface area contributed by atoms with Crippen LogP contribution in [0.15, 0.2) is 0 Å². The van der Waals surface area contributed by atoms with Crippen LogP contribution in [0.4, 0.5) is 4.79 Å². The number of aromatic nitrogens is 4. The maximum Gasteiger partial charge on any atom is 0.409 e. The number of fused-ring (bicyclic) bond motifs is 1. The van der Waals surface area contributed by atoms with Gasteiger partial charge < -0.3 is 19.7 Å². The van der Waals surface area contributed by atoms with Crippen LogP contribution in [0.25, 0.3) is 0 Å². The third-order valence-electron chi connectivity index (χ3n) is 6.37. The number of carbonyl (C=O) groups excluding carboxylic acids is 2. The van der Waals surface area contributed by atoms with Crippen molar-refractivity contribution in [3.05, 3.63) is 5.82 Å². The van der Waals surface area contributed by atoms with Crippen LogP contribution in [0.3, 0.4) is 0 Å². The first-order chi connectivity index (χ1) is 15.8. The highest BCUT2D eigenvalue weighted by molar-refractivity contribution is 5.76. The molecule has 174 valence electrons. The minimum absolute atomic E-state index is 0.0964. The molecule has 0 unspecified atom stereocenters. The quantitative estimate of drug-likeness (QED) is 0.420. The number of nitrogens with one attached hydrogen (secondary N) is 2. The van der Waals surface area contributed by atoms with E-state index in [4.69, 9.17) is 12.2 Å². The van der Waals surface area contributed by atoms with Crippen molar-refractivity contribution >= 4 is 12.1 Å². The number of carbonyl (C=O) groups is 2. The van der Waals surface area contributed by atoms with Crippen molar-refractivity contribution in [1.29, 1.82) is 0 Å². The summed E-state index contributed by atoms with van der Waals surface area (Å²) < 4.78 is 27.2. The molecule has 1 saturated carbocycles. The maximum atomic E-state index is 12.5. The Morgan fingerprint density at radius 2 is 1.97 bits per heavy atom. The lowest BCUT2D eigenvalue weighted by Gasteiger charge is -2.42. The number of nitrogens with zero attached hydrogens (tertiary/aromatic N) is 4. The molecule has 2 heterocycles. The molecule has 1 aliphatic heterocycles. The van der Waals surface area contributed by atoms with Crippen molar-refractivity contribution in [2.45, 2.75) is 64.8 Å². The van der Waals surface area contributed by atoms with Crippen molar-refractivity contribution in [2.24, 2.45) is 17.8 Å². The monoisotopic (exact) mass is 438 g/mol. The zero-order chi connectivity index (χ0) is 23.8. The van der Waals surface area contributed by atoms with Gasteiger partial charge in [0, 0.05) is 28.6 Å². The largest absolute Gasteiger partial charge is 0.464 e. The Labute approximate surface area is 186 Å². The van der Waals surface area contributed by atoms with Gasteiger partial charge in [-0.15, -0.1) is 10.2 Å². The second kappa shape index (κ2) is 12.0. The number of amides is 1. The van der Waals surface area contributed by atoms with Crippen molar-refractivity contribution in [3.8, 4) is 0 Å². The van der Waals surface area contributed by atoms with Crippen LogP contribution < -0.4 is 5.32 Å². The number of esters is 1. The highest BCUT2D eigenvalue weighted by Crippen LogP contribution is 2.40. The highest BCUT2D eigenvalue weighted by atomic mass is 16.6. The van der Waals surface area contributed by atoms with Gasteiger partial charge >= 0.3 is 12.1 Å². The maximum absolute atomic E-state index is 12.5. The number of rotatable bonds is 10. The van der Waals surface area contributed by atoms with Gasteiger partial charge in [0.1, 0.15) is 6.04 Å². The third kappa shape index (κ3) is 6.88. The summed E-state index contributed by atoms with van der Waals surface area (Å²) in [6.07, 6.45) is 2.41. The van der Waals surface area contributed by atoms with E-state index in [1.807, 2.05) is 13.8 Å². The first-order valence-corrected chi connectivity index (χ1v) is 11.4. The Morgan fingerprint density at radius 3 is 2.71 bits per heavy atom. The van der Waals surface area contributed by atoms with Gasteiger partial charge in [-0.05, 0) is 63.8 Å². The molecule has 2 fully saturated rings. The standard InChI is InChI=1S/C21H36N6O4/c1-3-27(4-2)21(29)31-11-5-10-30-20(28)18-13-17-12-15(6-8-16(17)14-22-18)7-9-19-23-25-26-24-19/h15-18,22H,3-14H2,1-2H3,(H,23,24,25,26)/t15-,16+,17-,18+/m1/s1/i9D2. The lowest BCUT2D eigenvalue weighted by atomic mass is 9.69. The lowest BCUT2D eigenvalue weighted by Crippen LogP contribution is -2.50. The van der Waals surface area contributed by atoms with Crippen molar-refractivity contribution in [2.75, 3.05) is 32.8 Å². The van der Waals surface area contributed by atoms with Crippen molar-refractivity contribution in [3.63, 3.8) is 0 Å². The number of H-pyrrole nitrogens is 1. The summed E-state index contributed by atoms with van der Waals surface area (Å²) in [5.74, 6) is 0.904. The van der Waals surface area contributed by atoms with Crippen LogP contribution in [-0.4, -0.2) is 76.5 Å². The van der Waals surface area contributed by atoms with Gasteiger partial charge in [-0.1, -0.05) is 11.6 Å². The Morgan fingerprint density at radius 1 is 1.16 bits per heavy atom. The van der Waals surface area contributed by atoms with E-state index >= 15 is 0 Å². The molecular formula is C21H36N6O4. The van der Waals surface area contributed by atoms with Gasteiger partial charge in [-0.25, -0.2) is 4.79 Å². The highest BCUT2D eigenvalue weighted by Gasteiger charge is 2.38. The molecule has 1 saturated heterocycles. The molecular weight excluding hydrogens is 400 g/mol. The average Bonchev–Trinajstić information content (AvgIpc) is 3.35. The molecule has 3 rings (SSSR count). The summed E-state index contributed by atoms with van der Waals surface area (Å²) in [5, 5.41) is 16.7. The van der Waals surface area contributed by atoms with E-state index < -0.39 is 6.37 Å². The first-order valence-electron chi connectivity index (χ1n) is 12.4. The number of hydrogen-bond acceptors (Lipinski definition) is 8. The van der Waals surface area contributed by atoms with E-state index in [0.29, 0.717) is 44.2 Å². The topological polar surface area (TPSA) is 122 Å². The molecule has 1 aliphatic carbocycles. The molecule has 1 aromatic rings. The third-order valence-corrected chi connectivity index (χ3v) is 6.37. The van der Waals surface area contributed by atoms with E-state index in [9.17, 15) is 9.59 Å². The van der Waals surface area contributed by atoms with Crippen LogP contribution in [0.1, 0.15) is 60.9 Å². The Hall–Kier alpha value is -2.23. The normalized spacial score (nSPS) is 26.9. The Balaban J connectivity index is 1.39. The van der Waals surface area contributed by atoms with E-state index in [2.05, 4.69) is 25.9 Å².